The molecule has 2 heterocycles. The van der Waals surface area contributed by atoms with Crippen molar-refractivity contribution < 1.29 is 22.0 Å². The number of benzene rings is 2. The summed E-state index contributed by atoms with van der Waals surface area (Å²) in [4.78, 5) is 18.1. The Morgan fingerprint density at radius 1 is 1.11 bits per heavy atom. The van der Waals surface area contributed by atoms with Gasteiger partial charge in [-0.05, 0) is 29.8 Å². The van der Waals surface area contributed by atoms with Crippen LogP contribution in [0.3, 0.4) is 0 Å². The summed E-state index contributed by atoms with van der Waals surface area (Å²) in [6.07, 6.45) is -0.0247. The molecule has 0 aromatic heterocycles. The second-order valence-electron chi connectivity index (χ2n) is 6.71. The average Bonchev–Trinajstić information content (AvgIpc) is 3.08. The van der Waals surface area contributed by atoms with Gasteiger partial charge in [0, 0.05) is 5.25 Å². The van der Waals surface area contributed by atoms with Gasteiger partial charge in [0.25, 0.3) is 5.91 Å². The normalized spacial score (nSPS) is 24.5. The minimum absolute atomic E-state index is 0.0247. The molecule has 2 fully saturated rings. The number of anilines is 1. The molecule has 2 aliphatic rings. The third-order valence-corrected chi connectivity index (χ3v) is 7.88. The maximum atomic E-state index is 14.4. The molecule has 2 saturated heterocycles. The first-order chi connectivity index (χ1) is 13.3. The van der Waals surface area contributed by atoms with Crippen molar-refractivity contribution in [2.24, 2.45) is 4.99 Å². The number of rotatable bonds is 3. The zero-order valence-corrected chi connectivity index (χ0v) is 16.2. The number of amidine groups is 1. The van der Waals surface area contributed by atoms with Gasteiger partial charge in [0.15, 0.2) is 15.0 Å². The first-order valence-corrected chi connectivity index (χ1v) is 11.3. The number of carbonyl (C=O) groups excluding carboxylic acids is 1. The van der Waals surface area contributed by atoms with Gasteiger partial charge in [0.05, 0.1) is 29.7 Å². The maximum absolute atomic E-state index is 14.4. The SMILES string of the molecule is O=C(Cc1ccc(F)cc1)N=C1S[C@@H]2CS(=O)(=O)C[C@H]2N1c1ccccc1F. The number of hydrogen-bond acceptors (Lipinski definition) is 4. The van der Waals surface area contributed by atoms with Crippen molar-refractivity contribution in [2.75, 3.05) is 16.4 Å². The number of para-hydroxylation sites is 1. The Labute approximate surface area is 165 Å². The molecule has 0 unspecified atom stereocenters. The number of amides is 1. The maximum Gasteiger partial charge on any atom is 0.252 e. The van der Waals surface area contributed by atoms with Crippen LogP contribution < -0.4 is 4.90 Å². The fourth-order valence-corrected chi connectivity index (χ4v) is 7.34. The number of halogens is 2. The van der Waals surface area contributed by atoms with Crippen molar-refractivity contribution in [2.45, 2.75) is 17.7 Å². The highest BCUT2D eigenvalue weighted by molar-refractivity contribution is 8.16. The number of aliphatic imine (C=N–C) groups is 1. The van der Waals surface area contributed by atoms with Crippen molar-refractivity contribution in [1.82, 2.24) is 0 Å². The van der Waals surface area contributed by atoms with Gasteiger partial charge in [0.2, 0.25) is 0 Å². The van der Waals surface area contributed by atoms with Crippen LogP contribution in [-0.4, -0.2) is 42.3 Å². The van der Waals surface area contributed by atoms with Crippen LogP contribution in [0.2, 0.25) is 0 Å². The summed E-state index contributed by atoms with van der Waals surface area (Å²) in [5.74, 6) is -1.50. The standard InChI is InChI=1S/C19H16F2N2O3S2/c20-13-7-5-12(6-8-13)9-18(24)22-19-23(15-4-2-1-3-14(15)21)16-10-28(25,26)11-17(16)27-19/h1-8,16-17H,9-11H2/t16-,17-/m1/s1. The van der Waals surface area contributed by atoms with Crippen LogP contribution in [0.25, 0.3) is 0 Å². The molecule has 4 rings (SSSR count). The molecule has 2 aromatic rings. The highest BCUT2D eigenvalue weighted by Gasteiger charge is 2.49. The van der Waals surface area contributed by atoms with Gasteiger partial charge in [-0.2, -0.15) is 4.99 Å². The van der Waals surface area contributed by atoms with Gasteiger partial charge in [-0.15, -0.1) is 0 Å². The van der Waals surface area contributed by atoms with Crippen LogP contribution in [-0.2, 0) is 21.1 Å². The van der Waals surface area contributed by atoms with E-state index in [1.807, 2.05) is 0 Å². The predicted octanol–water partition coefficient (Wildman–Crippen LogP) is 2.81. The fourth-order valence-electron chi connectivity index (χ4n) is 3.42. The molecule has 0 radical (unpaired) electrons. The van der Waals surface area contributed by atoms with Gasteiger partial charge in [-0.1, -0.05) is 36.0 Å². The summed E-state index contributed by atoms with van der Waals surface area (Å²) in [5, 5.41) is -0.0101. The molecule has 9 heteroatoms. The Bertz CT molecular complexity index is 1060. The van der Waals surface area contributed by atoms with E-state index >= 15 is 0 Å². The Hall–Kier alpha value is -2.26. The molecular weight excluding hydrogens is 406 g/mol. The first kappa shape index (κ1) is 19.1. The highest BCUT2D eigenvalue weighted by Crippen LogP contribution is 2.41. The number of nitrogens with zero attached hydrogens (tertiary/aromatic N) is 2. The zero-order chi connectivity index (χ0) is 19.9. The van der Waals surface area contributed by atoms with Crippen molar-refractivity contribution in [3.63, 3.8) is 0 Å². The zero-order valence-electron chi connectivity index (χ0n) is 14.6. The van der Waals surface area contributed by atoms with E-state index in [2.05, 4.69) is 4.99 Å². The molecule has 0 saturated carbocycles. The second-order valence-corrected chi connectivity index (χ2v) is 10.1. The number of fused-ring (bicyclic) bond motifs is 1. The third kappa shape index (κ3) is 3.81. The van der Waals surface area contributed by atoms with Gasteiger partial charge in [0.1, 0.15) is 11.6 Å². The number of sulfone groups is 1. The van der Waals surface area contributed by atoms with E-state index in [0.29, 0.717) is 10.7 Å². The molecule has 146 valence electrons. The lowest BCUT2D eigenvalue weighted by Gasteiger charge is -2.24. The average molecular weight is 422 g/mol. The first-order valence-electron chi connectivity index (χ1n) is 8.59. The molecule has 28 heavy (non-hydrogen) atoms. The van der Waals surface area contributed by atoms with Crippen LogP contribution in [0.15, 0.2) is 53.5 Å². The number of hydrogen-bond donors (Lipinski definition) is 0. The number of carbonyl (C=O) groups is 1. The van der Waals surface area contributed by atoms with Gasteiger partial charge in [-0.25, -0.2) is 17.2 Å². The molecule has 0 aliphatic carbocycles. The lowest BCUT2D eigenvalue weighted by Crippen LogP contribution is -2.38. The van der Waals surface area contributed by atoms with Crippen molar-refractivity contribution in [3.05, 3.63) is 65.7 Å². The van der Waals surface area contributed by atoms with Crippen LogP contribution in [0.4, 0.5) is 14.5 Å². The number of thioether (sulfide) groups is 1. The molecule has 1 amide bonds. The van der Waals surface area contributed by atoms with E-state index in [1.165, 1.54) is 47.0 Å². The lowest BCUT2D eigenvalue weighted by molar-refractivity contribution is -0.117. The summed E-state index contributed by atoms with van der Waals surface area (Å²) in [7, 11) is -3.22. The van der Waals surface area contributed by atoms with Crippen molar-refractivity contribution in [3.8, 4) is 0 Å². The minimum Gasteiger partial charge on any atom is -0.313 e. The summed E-state index contributed by atoms with van der Waals surface area (Å²) < 4.78 is 51.5. The Morgan fingerprint density at radius 2 is 1.82 bits per heavy atom. The molecule has 0 N–H and O–H groups in total. The molecular formula is C19H16F2N2O3S2. The van der Waals surface area contributed by atoms with Gasteiger partial charge in [-0.3, -0.25) is 4.79 Å². The van der Waals surface area contributed by atoms with Crippen LogP contribution >= 0.6 is 11.8 Å². The third-order valence-electron chi connectivity index (χ3n) is 4.67. The second kappa shape index (κ2) is 7.29. The van der Waals surface area contributed by atoms with E-state index in [0.717, 1.165) is 0 Å². The van der Waals surface area contributed by atoms with Gasteiger partial charge < -0.3 is 4.90 Å². The highest BCUT2D eigenvalue weighted by atomic mass is 32.2. The molecule has 0 spiro atoms. The predicted molar refractivity (Wildman–Crippen MR) is 105 cm³/mol. The Morgan fingerprint density at radius 3 is 2.54 bits per heavy atom. The monoisotopic (exact) mass is 422 g/mol. The quantitative estimate of drug-likeness (QED) is 0.761. The Balaban J connectivity index is 1.65. The van der Waals surface area contributed by atoms with Crippen molar-refractivity contribution in [1.29, 1.82) is 0 Å². The van der Waals surface area contributed by atoms with Crippen LogP contribution in [0.5, 0.6) is 0 Å². The van der Waals surface area contributed by atoms with E-state index in [-0.39, 0.29) is 28.9 Å². The summed E-state index contributed by atoms with van der Waals surface area (Å²) >= 11 is 1.19. The molecule has 5 nitrogen and oxygen atoms in total. The minimum atomic E-state index is -3.22. The van der Waals surface area contributed by atoms with E-state index < -0.39 is 33.4 Å². The Kier molecular flexibility index (Phi) is 4.96. The summed E-state index contributed by atoms with van der Waals surface area (Å²) in [6.45, 7) is 0. The van der Waals surface area contributed by atoms with E-state index in [9.17, 15) is 22.0 Å². The largest absolute Gasteiger partial charge is 0.313 e. The summed E-state index contributed by atoms with van der Waals surface area (Å²) in [5.41, 5.74) is 0.812. The smallest absolute Gasteiger partial charge is 0.252 e. The lowest BCUT2D eigenvalue weighted by atomic mass is 10.1. The fraction of sp³-hybridized carbons (Fsp3) is 0.263. The van der Waals surface area contributed by atoms with E-state index in [1.54, 1.807) is 18.2 Å². The van der Waals surface area contributed by atoms with E-state index in [4.69, 9.17) is 0 Å². The van der Waals surface area contributed by atoms with Gasteiger partial charge >= 0.3 is 0 Å². The molecule has 0 bridgehead atoms. The summed E-state index contributed by atoms with van der Waals surface area (Å²) in [6, 6.07) is 11.1. The van der Waals surface area contributed by atoms with Crippen molar-refractivity contribution >= 4 is 38.4 Å². The van der Waals surface area contributed by atoms with Crippen LogP contribution in [0.1, 0.15) is 5.56 Å². The van der Waals surface area contributed by atoms with Crippen LogP contribution in [0, 0.1) is 11.6 Å². The topological polar surface area (TPSA) is 66.8 Å². The molecule has 2 aliphatic heterocycles. The molecule has 2 aromatic carbocycles. The molecule has 2 atom stereocenters.